The summed E-state index contributed by atoms with van der Waals surface area (Å²) in [6.45, 7) is 3.97. The maximum atomic E-state index is 11.9. The molecule has 0 aliphatic carbocycles. The fourth-order valence-electron chi connectivity index (χ4n) is 2.04. The molecule has 0 spiro atoms. The van der Waals surface area contributed by atoms with E-state index in [0.29, 0.717) is 5.56 Å². The van der Waals surface area contributed by atoms with Gasteiger partial charge in [-0.2, -0.15) is 0 Å². The van der Waals surface area contributed by atoms with Gasteiger partial charge in [-0.1, -0.05) is 22.0 Å². The van der Waals surface area contributed by atoms with Crippen molar-refractivity contribution < 1.29 is 9.59 Å². The van der Waals surface area contributed by atoms with Crippen molar-refractivity contribution in [2.24, 2.45) is 0 Å². The second kappa shape index (κ2) is 8.49. The third kappa shape index (κ3) is 5.70. The maximum absolute atomic E-state index is 11.9. The molecule has 6 heteroatoms. The maximum Gasteiger partial charge on any atom is 0.251 e. The number of anilines is 2. The van der Waals surface area contributed by atoms with Crippen LogP contribution in [0.15, 0.2) is 53.0 Å². The molecule has 0 fully saturated rings. The highest BCUT2D eigenvalue weighted by molar-refractivity contribution is 9.10. The molecule has 0 saturated heterocycles. The molecule has 2 rings (SSSR count). The summed E-state index contributed by atoms with van der Waals surface area (Å²) in [5.74, 6) is -0.251. The number of carbonyl (C=O) groups is 2. The first-order chi connectivity index (χ1) is 11.4. The molecule has 0 aliphatic rings. The molecular weight excluding hydrogens is 370 g/mol. The van der Waals surface area contributed by atoms with Crippen molar-refractivity contribution in [1.29, 1.82) is 0 Å². The van der Waals surface area contributed by atoms with E-state index in [1.165, 1.54) is 0 Å². The van der Waals surface area contributed by atoms with Crippen molar-refractivity contribution in [3.63, 3.8) is 0 Å². The highest BCUT2D eigenvalue weighted by Crippen LogP contribution is 2.15. The van der Waals surface area contributed by atoms with E-state index in [1.54, 1.807) is 24.3 Å². The van der Waals surface area contributed by atoms with Crippen molar-refractivity contribution in [1.82, 2.24) is 5.32 Å². The van der Waals surface area contributed by atoms with E-state index < -0.39 is 0 Å². The molecule has 24 heavy (non-hydrogen) atoms. The average molecular weight is 390 g/mol. The number of hydrogen-bond acceptors (Lipinski definition) is 3. The lowest BCUT2D eigenvalue weighted by atomic mass is 10.2. The Hall–Kier alpha value is -2.34. The number of nitrogens with one attached hydrogen (secondary N) is 3. The Morgan fingerprint density at radius 3 is 2.38 bits per heavy atom. The second-order valence-corrected chi connectivity index (χ2v) is 6.53. The summed E-state index contributed by atoms with van der Waals surface area (Å²) in [6.07, 6.45) is 0. The molecule has 5 nitrogen and oxygen atoms in total. The predicted octanol–water partition coefficient (Wildman–Crippen LogP) is 3.64. The van der Waals surface area contributed by atoms with Crippen LogP contribution >= 0.6 is 15.9 Å². The van der Waals surface area contributed by atoms with Gasteiger partial charge in [-0.3, -0.25) is 9.59 Å². The zero-order valence-corrected chi connectivity index (χ0v) is 15.2. The normalized spacial score (nSPS) is 10.3. The van der Waals surface area contributed by atoms with Crippen LogP contribution in [0, 0.1) is 0 Å². The number of rotatable bonds is 6. The van der Waals surface area contributed by atoms with Gasteiger partial charge in [0.15, 0.2) is 0 Å². The van der Waals surface area contributed by atoms with Gasteiger partial charge >= 0.3 is 0 Å². The van der Waals surface area contributed by atoms with Crippen LogP contribution in [-0.4, -0.2) is 24.4 Å². The summed E-state index contributed by atoms with van der Waals surface area (Å²) >= 11 is 3.36. The number of carbonyl (C=O) groups excluding carboxylic acids is 2. The summed E-state index contributed by atoms with van der Waals surface area (Å²) in [7, 11) is 0. The molecule has 2 aromatic rings. The summed E-state index contributed by atoms with van der Waals surface area (Å²) in [5, 5.41) is 8.67. The van der Waals surface area contributed by atoms with Gasteiger partial charge in [-0.25, -0.2) is 0 Å². The van der Waals surface area contributed by atoms with Crippen LogP contribution < -0.4 is 16.0 Å². The molecular formula is C18H20BrN3O2. The second-order valence-electron chi connectivity index (χ2n) is 5.62. The van der Waals surface area contributed by atoms with Crippen molar-refractivity contribution in [3.8, 4) is 0 Å². The lowest BCUT2D eigenvalue weighted by molar-refractivity contribution is -0.114. The Balaban J connectivity index is 1.85. The van der Waals surface area contributed by atoms with Crippen LogP contribution in [0.25, 0.3) is 0 Å². The van der Waals surface area contributed by atoms with Crippen LogP contribution in [0.4, 0.5) is 11.4 Å². The Morgan fingerprint density at radius 2 is 1.75 bits per heavy atom. The zero-order valence-electron chi connectivity index (χ0n) is 13.6. The van der Waals surface area contributed by atoms with Gasteiger partial charge in [0.1, 0.15) is 0 Å². The first kappa shape index (κ1) is 18.0. The Labute approximate surface area is 150 Å². The lowest BCUT2D eigenvalue weighted by Crippen LogP contribution is -2.30. The van der Waals surface area contributed by atoms with Gasteiger partial charge in [-0.15, -0.1) is 0 Å². The molecule has 3 N–H and O–H groups in total. The molecule has 0 radical (unpaired) electrons. The highest BCUT2D eigenvalue weighted by atomic mass is 79.9. The van der Waals surface area contributed by atoms with Crippen LogP contribution in [0.5, 0.6) is 0 Å². The molecule has 0 aliphatic heterocycles. The molecule has 0 saturated carbocycles. The Bertz CT molecular complexity index is 714. The van der Waals surface area contributed by atoms with E-state index in [-0.39, 0.29) is 24.4 Å². The minimum atomic E-state index is -0.144. The smallest absolute Gasteiger partial charge is 0.251 e. The number of benzene rings is 2. The molecule has 2 amide bonds. The van der Waals surface area contributed by atoms with Crippen molar-refractivity contribution >= 4 is 39.1 Å². The monoisotopic (exact) mass is 389 g/mol. The topological polar surface area (TPSA) is 70.2 Å². The molecule has 0 aromatic heterocycles. The molecule has 0 bridgehead atoms. The molecule has 0 atom stereocenters. The van der Waals surface area contributed by atoms with Gasteiger partial charge in [0.2, 0.25) is 5.91 Å². The van der Waals surface area contributed by atoms with E-state index in [0.717, 1.165) is 15.8 Å². The lowest BCUT2D eigenvalue weighted by Gasteiger charge is -2.10. The average Bonchev–Trinajstić information content (AvgIpc) is 2.53. The van der Waals surface area contributed by atoms with Gasteiger partial charge in [0, 0.05) is 27.5 Å². The predicted molar refractivity (Wildman–Crippen MR) is 100 cm³/mol. The molecule has 126 valence electrons. The third-order valence-corrected chi connectivity index (χ3v) is 3.62. The molecule has 0 unspecified atom stereocenters. The van der Waals surface area contributed by atoms with Crippen LogP contribution in [0.1, 0.15) is 24.2 Å². The van der Waals surface area contributed by atoms with Gasteiger partial charge < -0.3 is 16.0 Å². The van der Waals surface area contributed by atoms with E-state index in [9.17, 15) is 9.59 Å². The SMILES string of the molecule is CC(C)NC(=O)c1ccc(NCC(=O)Nc2cccc(Br)c2)cc1. The summed E-state index contributed by atoms with van der Waals surface area (Å²) < 4.78 is 0.906. The number of amides is 2. The van der Waals surface area contributed by atoms with Crippen molar-refractivity contribution in [3.05, 3.63) is 58.6 Å². The first-order valence-corrected chi connectivity index (χ1v) is 8.43. The first-order valence-electron chi connectivity index (χ1n) is 7.64. The Morgan fingerprint density at radius 1 is 1.04 bits per heavy atom. The zero-order chi connectivity index (χ0) is 17.5. The van der Waals surface area contributed by atoms with Crippen LogP contribution in [0.3, 0.4) is 0 Å². The minimum Gasteiger partial charge on any atom is -0.376 e. The third-order valence-electron chi connectivity index (χ3n) is 3.13. The Kier molecular flexibility index (Phi) is 6.37. The largest absolute Gasteiger partial charge is 0.376 e. The van der Waals surface area contributed by atoms with Crippen molar-refractivity contribution in [2.45, 2.75) is 19.9 Å². The number of hydrogen-bond donors (Lipinski definition) is 3. The van der Waals surface area contributed by atoms with Gasteiger partial charge in [-0.05, 0) is 56.3 Å². The van der Waals surface area contributed by atoms with Gasteiger partial charge in [0.25, 0.3) is 5.91 Å². The fraction of sp³-hybridized carbons (Fsp3) is 0.222. The highest BCUT2D eigenvalue weighted by Gasteiger charge is 2.07. The fourth-order valence-corrected chi connectivity index (χ4v) is 2.44. The van der Waals surface area contributed by atoms with E-state index in [4.69, 9.17) is 0 Å². The summed E-state index contributed by atoms with van der Waals surface area (Å²) in [4.78, 5) is 23.8. The van der Waals surface area contributed by atoms with E-state index in [2.05, 4.69) is 31.9 Å². The quantitative estimate of drug-likeness (QED) is 0.706. The summed E-state index contributed by atoms with van der Waals surface area (Å²) in [5.41, 5.74) is 2.10. The van der Waals surface area contributed by atoms with Crippen molar-refractivity contribution in [2.75, 3.05) is 17.2 Å². The van der Waals surface area contributed by atoms with E-state index in [1.807, 2.05) is 38.1 Å². The minimum absolute atomic E-state index is 0.0945. The molecule has 2 aromatic carbocycles. The molecule has 0 heterocycles. The van der Waals surface area contributed by atoms with Gasteiger partial charge in [0.05, 0.1) is 6.54 Å². The summed E-state index contributed by atoms with van der Waals surface area (Å²) in [6, 6.07) is 14.5. The van der Waals surface area contributed by atoms with E-state index >= 15 is 0 Å². The van der Waals surface area contributed by atoms with Crippen LogP contribution in [-0.2, 0) is 4.79 Å². The standard InChI is InChI=1S/C18H20BrN3O2/c1-12(2)21-18(24)13-6-8-15(9-7-13)20-11-17(23)22-16-5-3-4-14(19)10-16/h3-10,12,20H,11H2,1-2H3,(H,21,24)(H,22,23). The van der Waals surface area contributed by atoms with Crippen LogP contribution in [0.2, 0.25) is 0 Å². The number of halogens is 1.